The monoisotopic (exact) mass is 1130 g/mol. The smallest absolute Gasteiger partial charge is 0.352 e. The standard InChI is InChI=1S/C60H43F4N9O2S4/c1-23(2)11-32-40(17-34-43(60(67-9)68-10)29-14-37(62)39(64)16-31(29)53(34)74)69-48-51-57(77-55(32)48)44-46-47(71-79-70-46)45-50(49(44)72(51)21-25(5)6)73(22-26(7)8)52-58(45)78-56-33(12-24(3)4)41(76-59(52)56)18-35-42(27(19-65)20-66)28-13-36(61)38(63)15-30(28)54(35)75/h13-18,23-26,69H,11-12,21-22H2,1-8H3/b34-17-,35-18-. The molecule has 7 heterocycles. The van der Waals surface area contributed by atoms with Crippen LogP contribution >= 0.6 is 45.7 Å². The van der Waals surface area contributed by atoms with Gasteiger partial charge in [0.25, 0.3) is 0 Å². The Morgan fingerprint density at radius 2 is 1.10 bits per heavy atom. The first-order valence-electron chi connectivity index (χ1n) is 25.5. The number of halogens is 4. The molecule has 0 saturated carbocycles. The van der Waals surface area contributed by atoms with Crippen LogP contribution in [0.15, 0.2) is 46.8 Å². The van der Waals surface area contributed by atoms with E-state index in [1.165, 1.54) is 11.3 Å². The maximum Gasteiger partial charge on any atom is 0.528 e. The maximum absolute atomic E-state index is 14.8. The summed E-state index contributed by atoms with van der Waals surface area (Å²) in [6.45, 7) is 34.0. The molecule has 2 aliphatic carbocycles. The summed E-state index contributed by atoms with van der Waals surface area (Å²) in [7, 11) is 0. The predicted octanol–water partition coefficient (Wildman–Crippen LogP) is 16.9. The Morgan fingerprint density at radius 3 is 1.62 bits per heavy atom. The van der Waals surface area contributed by atoms with Gasteiger partial charge in [0.1, 0.15) is 41.9 Å². The van der Waals surface area contributed by atoms with Crippen molar-refractivity contribution in [2.75, 3.05) is 0 Å². The molecule has 0 fully saturated rings. The molecule has 3 aromatic carbocycles. The van der Waals surface area contributed by atoms with Crippen molar-refractivity contribution in [3.8, 4) is 12.1 Å². The summed E-state index contributed by atoms with van der Waals surface area (Å²) < 4.78 is 79.1. The van der Waals surface area contributed by atoms with Crippen LogP contribution in [0.5, 0.6) is 0 Å². The Kier molecular flexibility index (Phi) is 12.3. The Morgan fingerprint density at radius 1 is 0.620 bits per heavy atom. The number of carbonyl (C=O) groups excluding carboxylic acids is 2. The van der Waals surface area contributed by atoms with Crippen LogP contribution < -0.4 is 0 Å². The van der Waals surface area contributed by atoms with Crippen molar-refractivity contribution >= 4 is 153 Å². The summed E-state index contributed by atoms with van der Waals surface area (Å²) in [5.41, 5.74) is 8.02. The molecule has 0 aliphatic heterocycles. The number of carbonyl (C=O) groups is 2. The van der Waals surface area contributed by atoms with Gasteiger partial charge in [-0.25, -0.2) is 17.6 Å². The van der Waals surface area contributed by atoms with E-state index in [9.17, 15) is 37.7 Å². The van der Waals surface area contributed by atoms with Crippen LogP contribution in [0, 0.1) is 82.7 Å². The van der Waals surface area contributed by atoms with Gasteiger partial charge in [0.2, 0.25) is 0 Å². The molecule has 0 saturated heterocycles. The maximum atomic E-state index is 14.8. The molecule has 392 valence electrons. The number of aromatic amines is 1. The Bertz CT molecular complexity index is 4450. The largest absolute Gasteiger partial charge is 0.528 e. The molecule has 0 bridgehead atoms. The lowest BCUT2D eigenvalue weighted by molar-refractivity contribution is 0.103. The number of thiophene rings is 3. The number of H-pyrrole nitrogens is 1. The zero-order valence-corrected chi connectivity index (χ0v) is 46.9. The first-order valence-corrected chi connectivity index (χ1v) is 28.7. The van der Waals surface area contributed by atoms with Gasteiger partial charge in [0, 0.05) is 62.3 Å². The van der Waals surface area contributed by atoms with Gasteiger partial charge in [-0.05, 0) is 95.2 Å². The van der Waals surface area contributed by atoms with Crippen molar-refractivity contribution < 1.29 is 27.2 Å². The molecule has 7 aromatic heterocycles. The third-order valence-electron chi connectivity index (χ3n) is 14.5. The Hall–Kier alpha value is -8.04. The number of hydrogen-bond donors (Lipinski definition) is 1. The van der Waals surface area contributed by atoms with Crippen LogP contribution in [0.3, 0.4) is 0 Å². The van der Waals surface area contributed by atoms with Gasteiger partial charge in [0.05, 0.1) is 68.4 Å². The number of rotatable bonds is 10. The summed E-state index contributed by atoms with van der Waals surface area (Å²) >= 11 is 5.92. The third kappa shape index (κ3) is 7.62. The molecule has 0 spiro atoms. The number of hydrogen-bond acceptors (Lipinski definition) is 10. The van der Waals surface area contributed by atoms with Crippen LogP contribution in [-0.2, 0) is 25.9 Å². The average molecular weight is 1130 g/mol. The van der Waals surface area contributed by atoms with Crippen molar-refractivity contribution in [1.82, 2.24) is 22.9 Å². The lowest BCUT2D eigenvalue weighted by Gasteiger charge is -2.15. The number of nitrogens with zero attached hydrogens (tertiary/aromatic N) is 8. The SMILES string of the molecule is [C-]#[N+]C([N+]#[C-])=C1/C(=C/c2[nH]c3c(sc4c5c6nsnc6c6c7sc8c(CC(C)C)c(/C=C9\C(=O)c%10cc(F)c(F)cc%10C9=C(C#N)C#N)sc8c7n(CC(C)C)c6c5n(CC(C)C)c34)c2CC(C)C)C(=O)c2cc(F)c(F)cc21. The summed E-state index contributed by atoms with van der Waals surface area (Å²) in [4.78, 5) is 39.8. The molecule has 19 heteroatoms. The molecule has 0 atom stereocenters. The van der Waals surface area contributed by atoms with Gasteiger partial charge < -0.3 is 14.1 Å². The van der Waals surface area contributed by atoms with Gasteiger partial charge in [-0.15, -0.1) is 34.0 Å². The molecule has 1 N–H and O–H groups in total. The van der Waals surface area contributed by atoms with E-state index in [1.807, 2.05) is 12.1 Å². The van der Waals surface area contributed by atoms with Gasteiger partial charge >= 0.3 is 5.82 Å². The number of fused-ring (bicyclic) bond motifs is 16. The quantitative estimate of drug-likeness (QED) is 0.0625. The van der Waals surface area contributed by atoms with E-state index >= 15 is 0 Å². The van der Waals surface area contributed by atoms with Crippen LogP contribution in [0.1, 0.15) is 109 Å². The zero-order valence-electron chi connectivity index (χ0n) is 43.6. The average Bonchev–Trinajstić information content (AvgIpc) is 4.03. The highest BCUT2D eigenvalue weighted by Gasteiger charge is 2.39. The van der Waals surface area contributed by atoms with E-state index in [2.05, 4.69) is 79.2 Å². The van der Waals surface area contributed by atoms with Gasteiger partial charge in [-0.2, -0.15) is 29.0 Å². The van der Waals surface area contributed by atoms with Crippen LogP contribution in [0.25, 0.3) is 106 Å². The van der Waals surface area contributed by atoms with E-state index in [1.54, 1.807) is 34.8 Å². The van der Waals surface area contributed by atoms with Crippen molar-refractivity contribution in [1.29, 1.82) is 10.5 Å². The summed E-state index contributed by atoms with van der Waals surface area (Å²) in [5, 5.41) is 22.2. The van der Waals surface area contributed by atoms with Crippen molar-refractivity contribution in [2.24, 2.45) is 23.7 Å². The van der Waals surface area contributed by atoms with E-state index in [4.69, 9.17) is 21.9 Å². The lowest BCUT2D eigenvalue weighted by Crippen LogP contribution is -2.08. The zero-order chi connectivity index (χ0) is 55.9. The predicted molar refractivity (Wildman–Crippen MR) is 309 cm³/mol. The molecular weight excluding hydrogens is 1080 g/mol. The molecular formula is C60H43F4N9O2S4. The van der Waals surface area contributed by atoms with Crippen LogP contribution in [0.4, 0.5) is 17.6 Å². The van der Waals surface area contributed by atoms with Gasteiger partial charge in [0.15, 0.2) is 34.8 Å². The highest BCUT2D eigenvalue weighted by molar-refractivity contribution is 7.34. The Labute approximate surface area is 465 Å². The second-order valence-corrected chi connectivity index (χ2v) is 25.4. The van der Waals surface area contributed by atoms with Crippen LogP contribution in [0.2, 0.25) is 0 Å². The van der Waals surface area contributed by atoms with Crippen LogP contribution in [-0.4, -0.2) is 34.4 Å². The molecule has 2 aliphatic rings. The molecule has 0 radical (unpaired) electrons. The lowest BCUT2D eigenvalue weighted by atomic mass is 9.97. The summed E-state index contributed by atoms with van der Waals surface area (Å²) in [6.07, 6.45) is 4.52. The molecule has 79 heavy (non-hydrogen) atoms. The second-order valence-electron chi connectivity index (χ2n) is 21.8. The number of nitriles is 2. The number of Topliss-reactive ketones (excluding diaryl/α,β-unsaturated/α-hetero) is 2. The van der Waals surface area contributed by atoms with Gasteiger partial charge in [-0.3, -0.25) is 9.59 Å². The minimum Gasteiger partial charge on any atom is -0.352 e. The minimum atomic E-state index is -1.21. The van der Waals surface area contributed by atoms with E-state index < -0.39 is 40.7 Å². The fourth-order valence-corrected chi connectivity index (χ4v) is 16.5. The third-order valence-corrected chi connectivity index (χ3v) is 18.9. The fraction of sp³-hybridized carbons (Fsp3) is 0.267. The summed E-state index contributed by atoms with van der Waals surface area (Å²) in [6, 6.07) is 7.19. The molecule has 11 nitrogen and oxygen atoms in total. The summed E-state index contributed by atoms with van der Waals surface area (Å²) in [5.74, 6) is -5.85. The van der Waals surface area contributed by atoms with E-state index in [0.717, 1.165) is 125 Å². The Balaban J connectivity index is 1.17. The van der Waals surface area contributed by atoms with Gasteiger partial charge in [-0.1, -0.05) is 55.4 Å². The molecule has 12 rings (SSSR count). The fourth-order valence-electron chi connectivity index (χ4n) is 11.6. The number of nitrogens with one attached hydrogen (secondary N) is 1. The molecule has 0 unspecified atom stereocenters. The molecule has 10 aromatic rings. The number of benzene rings is 3. The van der Waals surface area contributed by atoms with Crippen molar-refractivity contribution in [3.05, 3.63) is 137 Å². The first kappa shape index (κ1) is 51.7. The number of allylic oxidation sites excluding steroid dienone is 5. The number of aromatic nitrogens is 5. The topological polar surface area (TPSA) is 142 Å². The normalized spacial score (nSPS) is 14.7. The first-order chi connectivity index (χ1) is 37.8. The highest BCUT2D eigenvalue weighted by Crippen LogP contribution is 2.55. The molecule has 0 amide bonds. The number of ketones is 2. The van der Waals surface area contributed by atoms with E-state index in [-0.39, 0.29) is 73.8 Å². The minimum absolute atomic E-state index is 0.00377. The highest BCUT2D eigenvalue weighted by atomic mass is 32.1. The van der Waals surface area contributed by atoms with Crippen molar-refractivity contribution in [2.45, 2.75) is 81.3 Å². The second kappa shape index (κ2) is 18.8. The van der Waals surface area contributed by atoms with Crippen molar-refractivity contribution in [3.63, 3.8) is 0 Å². The van der Waals surface area contributed by atoms with E-state index in [0.29, 0.717) is 31.6 Å².